The quantitative estimate of drug-likeness (QED) is 0.431. The number of aliphatic hydroxyl groups is 1. The van der Waals surface area contributed by atoms with Crippen molar-refractivity contribution in [3.05, 3.63) is 45.2 Å². The molecule has 1 aromatic rings. The number of rotatable bonds is 9. The van der Waals surface area contributed by atoms with Gasteiger partial charge in [0.05, 0.1) is 17.5 Å². The number of hydrogen-bond donors (Lipinski definition) is 1. The van der Waals surface area contributed by atoms with Crippen LogP contribution in [0.5, 0.6) is 0 Å². The minimum absolute atomic E-state index is 0.0837. The summed E-state index contributed by atoms with van der Waals surface area (Å²) in [5.41, 5.74) is 6.26. The highest BCUT2D eigenvalue weighted by Gasteiger charge is 2.33. The summed E-state index contributed by atoms with van der Waals surface area (Å²) in [6.07, 6.45) is 3.88. The fourth-order valence-electron chi connectivity index (χ4n) is 4.23. The first kappa shape index (κ1) is 23.6. The van der Waals surface area contributed by atoms with Crippen LogP contribution >= 0.6 is 0 Å². The van der Waals surface area contributed by atoms with Gasteiger partial charge in [-0.25, -0.2) is 0 Å². The predicted octanol–water partition coefficient (Wildman–Crippen LogP) is 5.43. The Morgan fingerprint density at radius 3 is 2.43 bits per heavy atom. The highest BCUT2D eigenvalue weighted by atomic mass is 16.6. The first-order chi connectivity index (χ1) is 14.3. The van der Waals surface area contributed by atoms with E-state index in [1.165, 1.54) is 0 Å². The molecule has 1 unspecified atom stereocenters. The molecule has 0 aliphatic heterocycles. The molecule has 1 aliphatic rings. The SMILES string of the molecule is CCC/C(=N\OCC)C1=C(O)CC(c2c(C)cc(C)c(/C=N/OCC)c2C)CC1=O. The van der Waals surface area contributed by atoms with Gasteiger partial charge in [0.2, 0.25) is 0 Å². The van der Waals surface area contributed by atoms with Crippen molar-refractivity contribution in [3.8, 4) is 0 Å². The van der Waals surface area contributed by atoms with Crippen molar-refractivity contribution in [3.63, 3.8) is 0 Å². The van der Waals surface area contributed by atoms with E-state index in [0.29, 0.717) is 43.8 Å². The minimum atomic E-state index is -0.0870. The van der Waals surface area contributed by atoms with Gasteiger partial charge < -0.3 is 14.8 Å². The second kappa shape index (κ2) is 11.0. The maximum Gasteiger partial charge on any atom is 0.168 e. The van der Waals surface area contributed by atoms with Crippen LogP contribution in [-0.4, -0.2) is 36.0 Å². The van der Waals surface area contributed by atoms with Gasteiger partial charge in [-0.15, -0.1) is 0 Å². The van der Waals surface area contributed by atoms with Crippen LogP contribution in [0.1, 0.15) is 80.2 Å². The van der Waals surface area contributed by atoms with Crippen molar-refractivity contribution in [2.45, 2.75) is 73.1 Å². The third-order valence-electron chi connectivity index (χ3n) is 5.40. The van der Waals surface area contributed by atoms with Crippen LogP contribution in [0.25, 0.3) is 0 Å². The predicted molar refractivity (Wildman–Crippen MR) is 120 cm³/mol. The number of carbonyl (C=O) groups is 1. The number of aliphatic hydroxyl groups excluding tert-OH is 1. The fraction of sp³-hybridized carbons (Fsp3) is 0.542. The van der Waals surface area contributed by atoms with Crippen molar-refractivity contribution in [1.29, 1.82) is 0 Å². The van der Waals surface area contributed by atoms with Gasteiger partial charge in [0, 0.05) is 18.4 Å². The van der Waals surface area contributed by atoms with Gasteiger partial charge in [-0.2, -0.15) is 0 Å². The number of Topliss-reactive ketones (excluding diaryl/α,β-unsaturated/α-hetero) is 1. The van der Waals surface area contributed by atoms with E-state index >= 15 is 0 Å². The molecule has 30 heavy (non-hydrogen) atoms. The first-order valence-electron chi connectivity index (χ1n) is 10.8. The molecule has 0 aromatic heterocycles. The summed E-state index contributed by atoms with van der Waals surface area (Å²) in [6.45, 7) is 12.8. The Kier molecular flexibility index (Phi) is 8.63. The summed E-state index contributed by atoms with van der Waals surface area (Å²) in [6, 6.07) is 2.11. The molecular weight excluding hydrogens is 380 g/mol. The first-order valence-corrected chi connectivity index (χ1v) is 10.8. The molecule has 2 rings (SSSR count). The van der Waals surface area contributed by atoms with Gasteiger partial charge in [-0.1, -0.05) is 29.7 Å². The van der Waals surface area contributed by atoms with Crippen molar-refractivity contribution in [1.82, 2.24) is 0 Å². The molecule has 0 spiro atoms. The Morgan fingerprint density at radius 2 is 1.83 bits per heavy atom. The van der Waals surface area contributed by atoms with Crippen LogP contribution in [0, 0.1) is 20.8 Å². The fourth-order valence-corrected chi connectivity index (χ4v) is 4.23. The molecule has 0 amide bonds. The number of benzene rings is 1. The minimum Gasteiger partial charge on any atom is -0.511 e. The largest absolute Gasteiger partial charge is 0.511 e. The summed E-state index contributed by atoms with van der Waals surface area (Å²) in [5, 5.41) is 19.0. The van der Waals surface area contributed by atoms with Crippen LogP contribution in [-0.2, 0) is 14.5 Å². The molecule has 0 bridgehead atoms. The van der Waals surface area contributed by atoms with Gasteiger partial charge in [0.25, 0.3) is 0 Å². The molecule has 1 aromatic carbocycles. The number of oxime groups is 2. The van der Waals surface area contributed by atoms with E-state index in [9.17, 15) is 9.90 Å². The van der Waals surface area contributed by atoms with Gasteiger partial charge >= 0.3 is 0 Å². The van der Waals surface area contributed by atoms with Crippen LogP contribution in [0.3, 0.4) is 0 Å². The van der Waals surface area contributed by atoms with E-state index in [-0.39, 0.29) is 17.5 Å². The van der Waals surface area contributed by atoms with E-state index in [1.807, 2.05) is 34.6 Å². The maximum absolute atomic E-state index is 13.1. The average Bonchev–Trinajstić information content (AvgIpc) is 2.68. The van der Waals surface area contributed by atoms with Crippen LogP contribution < -0.4 is 0 Å². The summed E-state index contributed by atoms with van der Waals surface area (Å²) < 4.78 is 0. The van der Waals surface area contributed by atoms with Crippen molar-refractivity contribution >= 4 is 17.7 Å². The second-order valence-corrected chi connectivity index (χ2v) is 7.67. The number of allylic oxidation sites excluding steroid dienone is 2. The number of ketones is 1. The number of hydrogen-bond acceptors (Lipinski definition) is 6. The van der Waals surface area contributed by atoms with Crippen molar-refractivity contribution < 1.29 is 19.6 Å². The highest BCUT2D eigenvalue weighted by Crippen LogP contribution is 2.39. The van der Waals surface area contributed by atoms with Crippen molar-refractivity contribution in [2.75, 3.05) is 13.2 Å². The van der Waals surface area contributed by atoms with Gasteiger partial charge in [0.15, 0.2) is 5.78 Å². The van der Waals surface area contributed by atoms with E-state index in [2.05, 4.69) is 23.3 Å². The number of carbonyl (C=O) groups excluding carboxylic acids is 1. The third kappa shape index (κ3) is 5.29. The Balaban J connectivity index is 2.45. The van der Waals surface area contributed by atoms with E-state index < -0.39 is 0 Å². The van der Waals surface area contributed by atoms with Gasteiger partial charge in [0.1, 0.15) is 19.0 Å². The lowest BCUT2D eigenvalue weighted by Crippen LogP contribution is -2.25. The summed E-state index contributed by atoms with van der Waals surface area (Å²) in [4.78, 5) is 23.4. The zero-order valence-corrected chi connectivity index (χ0v) is 19.0. The normalized spacial score (nSPS) is 17.7. The molecule has 1 N–H and O–H groups in total. The zero-order valence-electron chi connectivity index (χ0n) is 19.0. The molecule has 0 heterocycles. The Morgan fingerprint density at radius 1 is 1.13 bits per heavy atom. The molecule has 0 saturated carbocycles. The molecule has 1 aliphatic carbocycles. The van der Waals surface area contributed by atoms with Crippen LogP contribution in [0.15, 0.2) is 27.7 Å². The molecule has 164 valence electrons. The molecule has 1 atom stereocenters. The second-order valence-electron chi connectivity index (χ2n) is 7.67. The molecule has 0 fully saturated rings. The maximum atomic E-state index is 13.1. The van der Waals surface area contributed by atoms with E-state index in [0.717, 1.165) is 34.2 Å². The number of nitrogens with zero attached hydrogens (tertiary/aromatic N) is 2. The summed E-state index contributed by atoms with van der Waals surface area (Å²) in [5.74, 6) is -0.0670. The molecule has 0 saturated heterocycles. The monoisotopic (exact) mass is 414 g/mol. The molecule has 6 heteroatoms. The zero-order chi connectivity index (χ0) is 22.3. The van der Waals surface area contributed by atoms with Crippen LogP contribution in [0.2, 0.25) is 0 Å². The Bertz CT molecular complexity index is 868. The average molecular weight is 415 g/mol. The lowest BCUT2D eigenvalue weighted by atomic mass is 9.76. The Labute approximate surface area is 179 Å². The van der Waals surface area contributed by atoms with Gasteiger partial charge in [-0.3, -0.25) is 4.79 Å². The molecular formula is C24H34N2O4. The van der Waals surface area contributed by atoms with E-state index in [1.54, 1.807) is 6.21 Å². The molecule has 0 radical (unpaired) electrons. The number of aryl methyl sites for hydroxylation is 2. The van der Waals surface area contributed by atoms with Crippen molar-refractivity contribution in [2.24, 2.45) is 10.3 Å². The molecule has 6 nitrogen and oxygen atoms in total. The lowest BCUT2D eigenvalue weighted by molar-refractivity contribution is -0.116. The summed E-state index contributed by atoms with van der Waals surface area (Å²) >= 11 is 0. The van der Waals surface area contributed by atoms with Crippen LogP contribution in [0.4, 0.5) is 0 Å². The summed E-state index contributed by atoms with van der Waals surface area (Å²) in [7, 11) is 0. The van der Waals surface area contributed by atoms with Gasteiger partial charge in [-0.05, 0) is 69.2 Å². The standard InChI is InChI=1S/C24H34N2O4/c1-7-10-20(26-30-9-3)24-21(27)12-18(13-22(24)28)23-16(5)11-15(4)19(17(23)6)14-25-29-8-2/h11,14,18,27H,7-10,12-13H2,1-6H3/b25-14+,26-20+. The third-order valence-corrected chi connectivity index (χ3v) is 5.40. The highest BCUT2D eigenvalue weighted by molar-refractivity contribution is 6.23. The smallest absolute Gasteiger partial charge is 0.168 e. The lowest BCUT2D eigenvalue weighted by Gasteiger charge is -2.28. The topological polar surface area (TPSA) is 80.5 Å². The van der Waals surface area contributed by atoms with E-state index in [4.69, 9.17) is 9.68 Å². The Hall–Kier alpha value is -2.63.